The number of thiophene rings is 1. The molecule has 8 heteroatoms. The molecule has 0 saturated heterocycles. The van der Waals surface area contributed by atoms with Crippen LogP contribution in [-0.2, 0) is 4.79 Å². The highest BCUT2D eigenvalue weighted by atomic mass is 35.5. The molecule has 5 nitrogen and oxygen atoms in total. The molecule has 0 aliphatic carbocycles. The Morgan fingerprint density at radius 2 is 2.04 bits per heavy atom. The van der Waals surface area contributed by atoms with Crippen molar-refractivity contribution in [1.29, 1.82) is 0 Å². The molecule has 1 atom stereocenters. The summed E-state index contributed by atoms with van der Waals surface area (Å²) in [6, 6.07) is 7.30. The fourth-order valence-electron chi connectivity index (χ4n) is 2.26. The molecule has 1 aromatic carbocycles. The lowest BCUT2D eigenvalue weighted by molar-refractivity contribution is -0.115. The molecule has 2 N–H and O–H groups in total. The molecule has 0 bridgehead atoms. The maximum absolute atomic E-state index is 12.1. The summed E-state index contributed by atoms with van der Waals surface area (Å²) in [5.41, 5.74) is 0.487. The van der Waals surface area contributed by atoms with Crippen LogP contribution in [0, 0.1) is 0 Å². The monoisotopic (exact) mass is 416 g/mol. The Balaban J connectivity index is 2.16. The first-order valence-corrected chi connectivity index (χ1v) is 9.81. The van der Waals surface area contributed by atoms with Gasteiger partial charge in [-0.15, -0.1) is 11.3 Å². The van der Waals surface area contributed by atoms with E-state index in [1.165, 1.54) is 23.2 Å². The highest BCUT2D eigenvalue weighted by Crippen LogP contribution is 2.42. The van der Waals surface area contributed by atoms with E-state index >= 15 is 0 Å². The third-order valence-electron chi connectivity index (χ3n) is 3.50. The zero-order valence-corrected chi connectivity index (χ0v) is 17.2. The summed E-state index contributed by atoms with van der Waals surface area (Å²) in [7, 11) is 0. The normalized spacial score (nSPS) is 12.3. The average molecular weight is 417 g/mol. The lowest BCUT2D eigenvalue weighted by Crippen LogP contribution is -2.35. The van der Waals surface area contributed by atoms with Gasteiger partial charge in [0.1, 0.15) is 28.5 Å². The molecule has 142 valence electrons. The summed E-state index contributed by atoms with van der Waals surface area (Å²) in [6.07, 6.45) is -0.674. The first kappa shape index (κ1) is 21.0. The van der Waals surface area contributed by atoms with Gasteiger partial charge in [0, 0.05) is 19.5 Å². The molecular formula is C18H22Cl2N2O3S. The third-order valence-corrected chi connectivity index (χ3v) is 5.21. The van der Waals surface area contributed by atoms with Crippen molar-refractivity contribution in [1.82, 2.24) is 5.32 Å². The van der Waals surface area contributed by atoms with Gasteiger partial charge in [-0.1, -0.05) is 37.0 Å². The number of amides is 1. The third kappa shape index (κ3) is 5.34. The first-order chi connectivity index (χ1) is 12.3. The van der Waals surface area contributed by atoms with E-state index in [-0.39, 0.29) is 28.6 Å². The van der Waals surface area contributed by atoms with Crippen molar-refractivity contribution >= 4 is 51.1 Å². The lowest BCUT2D eigenvalue weighted by Gasteiger charge is -2.22. The van der Waals surface area contributed by atoms with E-state index in [0.717, 1.165) is 5.00 Å². The van der Waals surface area contributed by atoms with E-state index in [4.69, 9.17) is 27.9 Å². The van der Waals surface area contributed by atoms with E-state index in [0.29, 0.717) is 18.0 Å². The van der Waals surface area contributed by atoms with Crippen molar-refractivity contribution in [3.63, 3.8) is 0 Å². The van der Waals surface area contributed by atoms with Crippen molar-refractivity contribution in [2.45, 2.75) is 32.9 Å². The number of halogens is 2. The Morgan fingerprint density at radius 3 is 2.62 bits per heavy atom. The number of nitrogens with one attached hydrogen (secondary N) is 1. The molecule has 1 aromatic heterocycles. The zero-order chi connectivity index (χ0) is 19.3. The van der Waals surface area contributed by atoms with Crippen LogP contribution >= 0.6 is 34.5 Å². The van der Waals surface area contributed by atoms with Crippen molar-refractivity contribution in [2.24, 2.45) is 0 Å². The van der Waals surface area contributed by atoms with Gasteiger partial charge in [-0.3, -0.25) is 9.69 Å². The van der Waals surface area contributed by atoms with Crippen LogP contribution in [0.25, 0.3) is 0 Å². The van der Waals surface area contributed by atoms with Gasteiger partial charge in [0.05, 0.1) is 10.7 Å². The van der Waals surface area contributed by atoms with Crippen LogP contribution in [0.15, 0.2) is 29.6 Å². The molecule has 0 spiro atoms. The highest BCUT2D eigenvalue weighted by Gasteiger charge is 2.21. The number of hydrogen-bond acceptors (Lipinski definition) is 5. The van der Waals surface area contributed by atoms with E-state index in [9.17, 15) is 9.90 Å². The Hall–Kier alpha value is -1.31. The number of anilines is 2. The molecule has 2 aromatic rings. The fourth-order valence-corrected chi connectivity index (χ4v) is 3.50. The average Bonchev–Trinajstić information content (AvgIpc) is 3.10. The fraction of sp³-hybridized carbons (Fsp3) is 0.389. The van der Waals surface area contributed by atoms with Crippen LogP contribution in [0.5, 0.6) is 5.75 Å². The largest absolute Gasteiger partial charge is 0.489 e. The van der Waals surface area contributed by atoms with Gasteiger partial charge in [-0.05, 0) is 29.6 Å². The van der Waals surface area contributed by atoms with Gasteiger partial charge in [-0.2, -0.15) is 0 Å². The van der Waals surface area contributed by atoms with Crippen molar-refractivity contribution in [2.75, 3.05) is 18.1 Å². The summed E-state index contributed by atoms with van der Waals surface area (Å²) in [5, 5.41) is 16.1. The van der Waals surface area contributed by atoms with Crippen LogP contribution in [-0.4, -0.2) is 36.3 Å². The topological polar surface area (TPSA) is 61.8 Å². The predicted octanol–water partition coefficient (Wildman–Crippen LogP) is 4.48. The minimum absolute atomic E-state index is 0.0798. The minimum atomic E-state index is -0.674. The number of aliphatic hydroxyl groups is 1. The number of carbonyl (C=O) groups excluding carboxylic acids is 1. The number of benzene rings is 1. The van der Waals surface area contributed by atoms with E-state index in [1.54, 1.807) is 12.1 Å². The highest BCUT2D eigenvalue weighted by molar-refractivity contribution is 7.14. The van der Waals surface area contributed by atoms with Crippen LogP contribution in [0.3, 0.4) is 0 Å². The molecule has 0 aliphatic heterocycles. The molecule has 26 heavy (non-hydrogen) atoms. The molecular weight excluding hydrogens is 395 g/mol. The lowest BCUT2D eigenvalue weighted by atomic mass is 10.2. The van der Waals surface area contributed by atoms with E-state index in [1.807, 2.05) is 31.4 Å². The Kier molecular flexibility index (Phi) is 7.73. The van der Waals surface area contributed by atoms with E-state index < -0.39 is 6.10 Å². The summed E-state index contributed by atoms with van der Waals surface area (Å²) < 4.78 is 5.59. The van der Waals surface area contributed by atoms with Crippen LogP contribution in [0.4, 0.5) is 10.7 Å². The second-order valence-electron chi connectivity index (χ2n) is 6.04. The second-order valence-corrected chi connectivity index (χ2v) is 7.73. The summed E-state index contributed by atoms with van der Waals surface area (Å²) >= 11 is 14.2. The van der Waals surface area contributed by atoms with Gasteiger partial charge >= 0.3 is 0 Å². The minimum Gasteiger partial charge on any atom is -0.489 e. The Bertz CT molecular complexity index is 738. The van der Waals surface area contributed by atoms with Gasteiger partial charge in [-0.25, -0.2) is 0 Å². The Labute approximate surface area is 167 Å². The molecule has 0 aliphatic rings. The number of aliphatic hydroxyl groups excluding tert-OH is 1. The predicted molar refractivity (Wildman–Crippen MR) is 108 cm³/mol. The quantitative estimate of drug-likeness (QED) is 0.665. The number of carbonyl (C=O) groups is 1. The standard InChI is InChI=1S/C18H22Cl2N2O3S/c1-11(2)21-9-13(24)10-25-15-7-6-14(17(19)18(15)20)22(12(3)23)16-5-4-8-26-16/h4-8,11,13,21,24H,9-10H2,1-3H3. The maximum Gasteiger partial charge on any atom is 0.229 e. The Morgan fingerprint density at radius 1 is 1.31 bits per heavy atom. The second kappa shape index (κ2) is 9.58. The molecule has 1 heterocycles. The molecule has 0 saturated carbocycles. The SMILES string of the molecule is CC(=O)N(c1cccs1)c1ccc(OCC(O)CNC(C)C)c(Cl)c1Cl. The van der Waals surface area contributed by atoms with Gasteiger partial charge < -0.3 is 15.2 Å². The van der Waals surface area contributed by atoms with Crippen LogP contribution in [0.2, 0.25) is 10.0 Å². The molecule has 1 amide bonds. The zero-order valence-electron chi connectivity index (χ0n) is 14.8. The van der Waals surface area contributed by atoms with Gasteiger partial charge in [0.2, 0.25) is 5.91 Å². The van der Waals surface area contributed by atoms with Gasteiger partial charge in [0.25, 0.3) is 0 Å². The summed E-state index contributed by atoms with van der Waals surface area (Å²) in [6.45, 7) is 5.95. The molecule has 0 radical (unpaired) electrons. The number of rotatable bonds is 8. The molecule has 1 unspecified atom stereocenters. The number of hydrogen-bond donors (Lipinski definition) is 2. The van der Waals surface area contributed by atoms with Crippen LogP contribution in [0.1, 0.15) is 20.8 Å². The molecule has 2 rings (SSSR count). The number of ether oxygens (including phenoxy) is 1. The first-order valence-electron chi connectivity index (χ1n) is 8.17. The van der Waals surface area contributed by atoms with Crippen molar-refractivity contribution in [3.8, 4) is 5.75 Å². The van der Waals surface area contributed by atoms with E-state index in [2.05, 4.69) is 5.32 Å². The number of nitrogens with zero attached hydrogens (tertiary/aromatic N) is 1. The van der Waals surface area contributed by atoms with Crippen molar-refractivity contribution in [3.05, 3.63) is 39.7 Å². The van der Waals surface area contributed by atoms with Gasteiger partial charge in [0.15, 0.2) is 0 Å². The summed E-state index contributed by atoms with van der Waals surface area (Å²) in [5.74, 6) is 0.188. The maximum atomic E-state index is 12.1. The smallest absolute Gasteiger partial charge is 0.229 e. The van der Waals surface area contributed by atoms with Crippen LogP contribution < -0.4 is 15.0 Å². The molecule has 0 fully saturated rings. The summed E-state index contributed by atoms with van der Waals surface area (Å²) in [4.78, 5) is 13.6. The van der Waals surface area contributed by atoms with Crippen molar-refractivity contribution < 1.29 is 14.6 Å².